The largest absolute Gasteiger partial charge is 0.123 e. The number of hydrogen-bond donors (Lipinski definition) is 0. The van der Waals surface area contributed by atoms with Gasteiger partial charge in [0, 0.05) is 4.75 Å². The lowest BCUT2D eigenvalue weighted by molar-refractivity contribution is 0.549. The molecule has 1 unspecified atom stereocenters. The topological polar surface area (TPSA) is 0 Å². The molecule has 1 atom stereocenters. The van der Waals surface area contributed by atoms with Crippen LogP contribution in [0.5, 0.6) is 0 Å². The molecule has 0 aromatic carbocycles. The van der Waals surface area contributed by atoms with Crippen LogP contribution in [0.4, 0.5) is 0 Å². The van der Waals surface area contributed by atoms with Crippen LogP contribution in [0.1, 0.15) is 20.8 Å². The van der Waals surface area contributed by atoms with Crippen LogP contribution in [0.15, 0.2) is 23.6 Å². The van der Waals surface area contributed by atoms with Crippen molar-refractivity contribution in [3.05, 3.63) is 23.6 Å². The van der Waals surface area contributed by atoms with Gasteiger partial charge in [0.25, 0.3) is 0 Å². The second kappa shape index (κ2) is 2.83. The molecule has 0 aromatic rings. The Bertz CT molecular complexity index is 168. The van der Waals surface area contributed by atoms with Crippen molar-refractivity contribution in [1.29, 1.82) is 0 Å². The summed E-state index contributed by atoms with van der Waals surface area (Å²) >= 11 is 1.91. The van der Waals surface area contributed by atoms with Crippen molar-refractivity contribution < 1.29 is 0 Å². The molecule has 56 valence electrons. The molecule has 0 fully saturated rings. The van der Waals surface area contributed by atoms with Crippen molar-refractivity contribution in [2.45, 2.75) is 25.5 Å². The number of hydrogen-bond acceptors (Lipinski definition) is 1. The van der Waals surface area contributed by atoms with Crippen molar-refractivity contribution in [2.24, 2.45) is 5.92 Å². The molecule has 0 radical (unpaired) electrons. The Morgan fingerprint density at radius 3 is 2.30 bits per heavy atom. The van der Waals surface area contributed by atoms with Gasteiger partial charge in [-0.15, -0.1) is 11.8 Å². The zero-order valence-electron chi connectivity index (χ0n) is 6.79. The third-order valence-electron chi connectivity index (χ3n) is 2.09. The lowest BCUT2D eigenvalue weighted by Gasteiger charge is -2.29. The summed E-state index contributed by atoms with van der Waals surface area (Å²) in [5, 5.41) is 2.17. The SMILES string of the molecule is CC(C)C1(C)C=CC=CS1. The summed E-state index contributed by atoms with van der Waals surface area (Å²) in [5.74, 6) is 0.707. The summed E-state index contributed by atoms with van der Waals surface area (Å²) in [6.45, 7) is 6.80. The van der Waals surface area contributed by atoms with E-state index in [1.165, 1.54) is 0 Å². The van der Waals surface area contributed by atoms with Crippen molar-refractivity contribution in [3.8, 4) is 0 Å². The van der Waals surface area contributed by atoms with Crippen LogP contribution in [0.3, 0.4) is 0 Å². The Hall–Kier alpha value is -0.170. The molecule has 0 saturated carbocycles. The van der Waals surface area contributed by atoms with Gasteiger partial charge in [-0.25, -0.2) is 0 Å². The average molecular weight is 154 g/mol. The first kappa shape index (κ1) is 7.93. The predicted octanol–water partition coefficient (Wildman–Crippen LogP) is 3.22. The maximum Gasteiger partial charge on any atom is 0.0377 e. The van der Waals surface area contributed by atoms with Crippen molar-refractivity contribution in [1.82, 2.24) is 0 Å². The standard InChI is InChI=1S/C9H14S/c1-8(2)9(3)6-4-5-7-10-9/h4-8H,1-3H3. The molecular formula is C9H14S. The molecule has 0 saturated heterocycles. The fourth-order valence-electron chi connectivity index (χ4n) is 0.846. The van der Waals surface area contributed by atoms with E-state index < -0.39 is 0 Å². The van der Waals surface area contributed by atoms with E-state index in [0.717, 1.165) is 0 Å². The summed E-state index contributed by atoms with van der Waals surface area (Å²) < 4.78 is 0.328. The Labute approximate surface area is 67.4 Å². The van der Waals surface area contributed by atoms with E-state index in [1.54, 1.807) is 0 Å². The van der Waals surface area contributed by atoms with Gasteiger partial charge in [-0.3, -0.25) is 0 Å². The minimum Gasteiger partial charge on any atom is -0.123 e. The molecule has 0 spiro atoms. The van der Waals surface area contributed by atoms with E-state index >= 15 is 0 Å². The molecule has 0 N–H and O–H groups in total. The monoisotopic (exact) mass is 154 g/mol. The molecule has 1 aliphatic rings. The summed E-state index contributed by atoms with van der Waals surface area (Å²) in [4.78, 5) is 0. The van der Waals surface area contributed by atoms with Gasteiger partial charge in [-0.05, 0) is 18.2 Å². The Morgan fingerprint density at radius 1 is 1.30 bits per heavy atom. The quantitative estimate of drug-likeness (QED) is 0.559. The maximum absolute atomic E-state index is 2.28. The van der Waals surface area contributed by atoms with E-state index in [9.17, 15) is 0 Å². The highest BCUT2D eigenvalue weighted by atomic mass is 32.2. The number of rotatable bonds is 1. The van der Waals surface area contributed by atoms with Crippen LogP contribution in [0.2, 0.25) is 0 Å². The van der Waals surface area contributed by atoms with E-state index in [4.69, 9.17) is 0 Å². The third kappa shape index (κ3) is 1.46. The highest BCUT2D eigenvalue weighted by Gasteiger charge is 2.25. The lowest BCUT2D eigenvalue weighted by Crippen LogP contribution is -2.24. The first-order chi connectivity index (χ1) is 4.65. The maximum atomic E-state index is 2.28. The summed E-state index contributed by atoms with van der Waals surface area (Å²) in [6, 6.07) is 0. The Morgan fingerprint density at radius 2 is 2.00 bits per heavy atom. The van der Waals surface area contributed by atoms with E-state index in [-0.39, 0.29) is 0 Å². The van der Waals surface area contributed by atoms with Gasteiger partial charge >= 0.3 is 0 Å². The van der Waals surface area contributed by atoms with E-state index in [1.807, 2.05) is 11.8 Å². The normalized spacial score (nSPS) is 31.6. The van der Waals surface area contributed by atoms with Gasteiger partial charge in [0.05, 0.1) is 0 Å². The fraction of sp³-hybridized carbons (Fsp3) is 0.556. The molecule has 0 nitrogen and oxygen atoms in total. The van der Waals surface area contributed by atoms with Gasteiger partial charge < -0.3 is 0 Å². The fourth-order valence-corrected chi connectivity index (χ4v) is 1.74. The molecule has 1 rings (SSSR count). The first-order valence-corrected chi connectivity index (χ1v) is 4.55. The zero-order valence-corrected chi connectivity index (χ0v) is 7.61. The lowest BCUT2D eigenvalue weighted by atomic mass is 9.96. The number of allylic oxidation sites excluding steroid dienone is 2. The van der Waals surface area contributed by atoms with Crippen molar-refractivity contribution in [2.75, 3.05) is 0 Å². The van der Waals surface area contributed by atoms with Crippen LogP contribution in [0, 0.1) is 5.92 Å². The Kier molecular flexibility index (Phi) is 2.24. The van der Waals surface area contributed by atoms with E-state index in [0.29, 0.717) is 10.7 Å². The van der Waals surface area contributed by atoms with Gasteiger partial charge in [-0.1, -0.05) is 32.1 Å². The highest BCUT2D eigenvalue weighted by Crippen LogP contribution is 2.36. The molecular weight excluding hydrogens is 140 g/mol. The minimum absolute atomic E-state index is 0.328. The van der Waals surface area contributed by atoms with Crippen LogP contribution < -0.4 is 0 Å². The number of thioether (sulfide) groups is 1. The van der Waals surface area contributed by atoms with Gasteiger partial charge in [-0.2, -0.15) is 0 Å². The molecule has 0 bridgehead atoms. The zero-order chi connectivity index (χ0) is 7.61. The molecule has 1 heteroatoms. The molecule has 1 aliphatic heterocycles. The van der Waals surface area contributed by atoms with Crippen LogP contribution in [0.25, 0.3) is 0 Å². The third-order valence-corrected chi connectivity index (χ3v) is 3.49. The average Bonchev–Trinajstić information content (AvgIpc) is 1.89. The van der Waals surface area contributed by atoms with Gasteiger partial charge in [0.1, 0.15) is 0 Å². The predicted molar refractivity (Wildman–Crippen MR) is 49.1 cm³/mol. The molecule has 0 aliphatic carbocycles. The summed E-state index contributed by atoms with van der Waals surface area (Å²) in [7, 11) is 0. The first-order valence-electron chi connectivity index (χ1n) is 3.67. The molecule has 0 amide bonds. The summed E-state index contributed by atoms with van der Waals surface area (Å²) in [6.07, 6.45) is 6.51. The molecule has 10 heavy (non-hydrogen) atoms. The van der Waals surface area contributed by atoms with Crippen LogP contribution in [-0.4, -0.2) is 4.75 Å². The van der Waals surface area contributed by atoms with Crippen LogP contribution >= 0.6 is 11.8 Å². The highest BCUT2D eigenvalue weighted by molar-refractivity contribution is 8.03. The summed E-state index contributed by atoms with van der Waals surface area (Å²) in [5.41, 5.74) is 0. The Balaban J connectivity index is 2.70. The molecule has 1 heterocycles. The smallest absolute Gasteiger partial charge is 0.0377 e. The van der Waals surface area contributed by atoms with Crippen molar-refractivity contribution >= 4 is 11.8 Å². The second-order valence-corrected chi connectivity index (χ2v) is 4.53. The van der Waals surface area contributed by atoms with Gasteiger partial charge in [0.2, 0.25) is 0 Å². The van der Waals surface area contributed by atoms with Gasteiger partial charge in [0.15, 0.2) is 0 Å². The molecule has 0 aromatic heterocycles. The second-order valence-electron chi connectivity index (χ2n) is 3.14. The van der Waals surface area contributed by atoms with Crippen molar-refractivity contribution in [3.63, 3.8) is 0 Å². The van der Waals surface area contributed by atoms with Crippen LogP contribution in [-0.2, 0) is 0 Å². The van der Waals surface area contributed by atoms with E-state index in [2.05, 4.69) is 44.4 Å². The minimum atomic E-state index is 0.328.